The Morgan fingerprint density at radius 2 is 2.00 bits per heavy atom. The molecule has 2 N–H and O–H groups in total. The molecule has 7 heteroatoms. The Bertz CT molecular complexity index is 1090. The minimum atomic E-state index is -0.960. The van der Waals surface area contributed by atoms with Gasteiger partial charge in [0.1, 0.15) is 0 Å². The van der Waals surface area contributed by atoms with Gasteiger partial charge in [0, 0.05) is 16.5 Å². The van der Waals surface area contributed by atoms with Gasteiger partial charge in [0.05, 0.1) is 27.5 Å². The largest absolute Gasteiger partial charge is 0.478 e. The number of carbonyl (C=O) groups is 1. The number of anilines is 1. The van der Waals surface area contributed by atoms with E-state index in [0.717, 1.165) is 21.8 Å². The fourth-order valence-electron chi connectivity index (χ4n) is 3.08. The van der Waals surface area contributed by atoms with Gasteiger partial charge < -0.3 is 10.4 Å². The molecule has 0 saturated carbocycles. The molecule has 0 fully saturated rings. The van der Waals surface area contributed by atoms with Gasteiger partial charge in [-0.3, -0.25) is 4.99 Å². The molecule has 0 spiro atoms. The highest BCUT2D eigenvalue weighted by atomic mass is 35.5. The highest BCUT2D eigenvalue weighted by Crippen LogP contribution is 2.40. The molecule has 1 aliphatic heterocycles. The molecule has 0 amide bonds. The molecule has 1 aliphatic rings. The molecule has 136 valence electrons. The van der Waals surface area contributed by atoms with E-state index in [1.807, 2.05) is 43.5 Å². The number of rotatable bonds is 3. The van der Waals surface area contributed by atoms with Crippen molar-refractivity contribution in [1.29, 1.82) is 0 Å². The van der Waals surface area contributed by atoms with Crippen LogP contribution in [0.5, 0.6) is 0 Å². The van der Waals surface area contributed by atoms with Gasteiger partial charge >= 0.3 is 5.97 Å². The van der Waals surface area contributed by atoms with Gasteiger partial charge in [0.2, 0.25) is 0 Å². The van der Waals surface area contributed by atoms with Gasteiger partial charge in [-0.1, -0.05) is 35.9 Å². The number of aromatic carboxylic acids is 1. The number of carboxylic acids is 1. The summed E-state index contributed by atoms with van der Waals surface area (Å²) in [5.74, 6) is -0.301. The molecule has 0 saturated heterocycles. The maximum absolute atomic E-state index is 11.2. The Morgan fingerprint density at radius 3 is 2.78 bits per heavy atom. The van der Waals surface area contributed by atoms with Crippen molar-refractivity contribution in [3.63, 3.8) is 0 Å². The standard InChI is InChI=1S/C20H16ClN3O2S/c1-20(2)13-7-4-8-14(21)16(13)23-17(24-20)18-22-15(10-27-18)11-5-3-6-12(9-11)19(25)26/h3-10H,1-2H3,(H,23,24)(H,25,26). The average Bonchev–Trinajstić information content (AvgIpc) is 3.12. The smallest absolute Gasteiger partial charge is 0.335 e. The molecule has 0 radical (unpaired) electrons. The first-order valence-electron chi connectivity index (χ1n) is 8.31. The van der Waals surface area contributed by atoms with Crippen molar-refractivity contribution >= 4 is 40.4 Å². The molecule has 0 unspecified atom stereocenters. The van der Waals surface area contributed by atoms with Gasteiger partial charge in [-0.15, -0.1) is 11.3 Å². The van der Waals surface area contributed by atoms with Gasteiger partial charge in [0.25, 0.3) is 0 Å². The van der Waals surface area contributed by atoms with E-state index in [4.69, 9.17) is 16.6 Å². The summed E-state index contributed by atoms with van der Waals surface area (Å²) in [5, 5.41) is 15.7. The molecular weight excluding hydrogens is 382 g/mol. The SMILES string of the molecule is CC1(C)N=C(c2nc(-c3cccc(C(=O)O)c3)cs2)Nc2c(Cl)cccc21. The lowest BCUT2D eigenvalue weighted by Gasteiger charge is -2.30. The van der Waals surface area contributed by atoms with E-state index in [0.29, 0.717) is 16.6 Å². The zero-order valence-corrected chi connectivity index (χ0v) is 16.2. The maximum Gasteiger partial charge on any atom is 0.335 e. The molecule has 2 aromatic carbocycles. The topological polar surface area (TPSA) is 74.6 Å². The number of aromatic nitrogens is 1. The first-order chi connectivity index (χ1) is 12.8. The summed E-state index contributed by atoms with van der Waals surface area (Å²) < 4.78 is 0. The fraction of sp³-hybridized carbons (Fsp3) is 0.150. The van der Waals surface area contributed by atoms with Crippen LogP contribution in [-0.4, -0.2) is 21.9 Å². The van der Waals surface area contributed by atoms with Crippen LogP contribution in [0.25, 0.3) is 11.3 Å². The predicted octanol–water partition coefficient (Wildman–Crippen LogP) is 5.27. The van der Waals surface area contributed by atoms with E-state index in [2.05, 4.69) is 10.3 Å². The first kappa shape index (κ1) is 17.7. The molecule has 0 bridgehead atoms. The van der Waals surface area contributed by atoms with Crippen LogP contribution in [-0.2, 0) is 5.54 Å². The summed E-state index contributed by atoms with van der Waals surface area (Å²) >= 11 is 7.83. The van der Waals surface area contributed by atoms with Crippen molar-refractivity contribution in [1.82, 2.24) is 4.98 Å². The second-order valence-corrected chi connectivity index (χ2v) is 8.00. The van der Waals surface area contributed by atoms with Gasteiger partial charge in [-0.25, -0.2) is 9.78 Å². The number of hydrogen-bond donors (Lipinski definition) is 2. The lowest BCUT2D eigenvalue weighted by atomic mass is 9.91. The van der Waals surface area contributed by atoms with E-state index in [1.165, 1.54) is 11.3 Å². The number of nitrogens with one attached hydrogen (secondary N) is 1. The summed E-state index contributed by atoms with van der Waals surface area (Å²) in [6.45, 7) is 4.07. The molecule has 1 aromatic heterocycles. The predicted molar refractivity (Wildman–Crippen MR) is 109 cm³/mol. The van der Waals surface area contributed by atoms with Crippen LogP contribution in [0.4, 0.5) is 5.69 Å². The van der Waals surface area contributed by atoms with E-state index in [9.17, 15) is 9.90 Å². The zero-order valence-electron chi connectivity index (χ0n) is 14.7. The van der Waals surface area contributed by atoms with Crippen LogP contribution >= 0.6 is 22.9 Å². The third-order valence-electron chi connectivity index (χ3n) is 4.42. The summed E-state index contributed by atoms with van der Waals surface area (Å²) in [7, 11) is 0. The van der Waals surface area contributed by atoms with Crippen LogP contribution in [0.1, 0.15) is 34.8 Å². The van der Waals surface area contributed by atoms with E-state index in [-0.39, 0.29) is 5.56 Å². The quantitative estimate of drug-likeness (QED) is 0.631. The Labute approximate surface area is 165 Å². The van der Waals surface area contributed by atoms with Crippen LogP contribution in [0.3, 0.4) is 0 Å². The first-order valence-corrected chi connectivity index (χ1v) is 9.56. The van der Waals surface area contributed by atoms with Crippen LogP contribution in [0.15, 0.2) is 52.8 Å². The normalized spacial score (nSPS) is 14.9. The van der Waals surface area contributed by atoms with Crippen molar-refractivity contribution in [2.45, 2.75) is 19.4 Å². The Morgan fingerprint density at radius 1 is 1.22 bits per heavy atom. The summed E-state index contributed by atoms with van der Waals surface area (Å²) in [6.07, 6.45) is 0. The van der Waals surface area contributed by atoms with Crippen molar-refractivity contribution in [3.8, 4) is 11.3 Å². The Hall–Kier alpha value is -2.70. The number of fused-ring (bicyclic) bond motifs is 1. The second-order valence-electron chi connectivity index (χ2n) is 6.73. The lowest BCUT2D eigenvalue weighted by molar-refractivity contribution is 0.0697. The lowest BCUT2D eigenvalue weighted by Crippen LogP contribution is -2.29. The number of carboxylic acid groups (broad SMARTS) is 1. The minimum absolute atomic E-state index is 0.233. The van der Waals surface area contributed by atoms with Crippen LogP contribution in [0.2, 0.25) is 5.02 Å². The number of thiazole rings is 1. The van der Waals surface area contributed by atoms with Gasteiger partial charge in [-0.2, -0.15) is 0 Å². The van der Waals surface area contributed by atoms with Crippen LogP contribution in [0, 0.1) is 0 Å². The fourth-order valence-corrected chi connectivity index (χ4v) is 4.07. The summed E-state index contributed by atoms with van der Waals surface area (Å²) in [5.41, 5.74) is 3.15. The number of amidine groups is 1. The average molecular weight is 398 g/mol. The molecule has 0 atom stereocenters. The highest BCUT2D eigenvalue weighted by molar-refractivity contribution is 7.12. The third kappa shape index (κ3) is 3.22. The summed E-state index contributed by atoms with van der Waals surface area (Å²) in [4.78, 5) is 20.7. The van der Waals surface area contributed by atoms with Crippen molar-refractivity contribution in [2.75, 3.05) is 5.32 Å². The molecule has 27 heavy (non-hydrogen) atoms. The molecule has 0 aliphatic carbocycles. The number of benzene rings is 2. The molecule has 5 nitrogen and oxygen atoms in total. The minimum Gasteiger partial charge on any atom is -0.478 e. The monoisotopic (exact) mass is 397 g/mol. The molecule has 2 heterocycles. The number of nitrogens with zero attached hydrogens (tertiary/aromatic N) is 2. The second kappa shape index (κ2) is 6.48. The van der Waals surface area contributed by atoms with Gasteiger partial charge in [0.15, 0.2) is 10.8 Å². The molecule has 4 rings (SSSR count). The Balaban J connectivity index is 1.72. The van der Waals surface area contributed by atoms with E-state index >= 15 is 0 Å². The number of hydrogen-bond acceptors (Lipinski definition) is 5. The Kier molecular flexibility index (Phi) is 4.25. The van der Waals surface area contributed by atoms with Crippen molar-refractivity contribution in [3.05, 3.63) is 69.0 Å². The number of aliphatic imine (C=N–C) groups is 1. The molecular formula is C20H16ClN3O2S. The third-order valence-corrected chi connectivity index (χ3v) is 5.58. The van der Waals surface area contributed by atoms with Crippen molar-refractivity contribution in [2.24, 2.45) is 4.99 Å². The number of halogens is 1. The number of para-hydroxylation sites is 1. The van der Waals surface area contributed by atoms with Crippen molar-refractivity contribution < 1.29 is 9.90 Å². The highest BCUT2D eigenvalue weighted by Gasteiger charge is 2.31. The van der Waals surface area contributed by atoms with Gasteiger partial charge in [-0.05, 0) is 32.0 Å². The zero-order chi connectivity index (χ0) is 19.2. The molecule has 3 aromatic rings. The summed E-state index contributed by atoms with van der Waals surface area (Å²) in [6, 6.07) is 12.5. The maximum atomic E-state index is 11.2. The van der Waals surface area contributed by atoms with E-state index < -0.39 is 11.5 Å². The van der Waals surface area contributed by atoms with E-state index in [1.54, 1.807) is 18.2 Å². The van der Waals surface area contributed by atoms with Crippen LogP contribution < -0.4 is 5.32 Å².